The summed E-state index contributed by atoms with van der Waals surface area (Å²) < 4.78 is 0. The molecule has 0 saturated heterocycles. The van der Waals surface area contributed by atoms with E-state index in [1.807, 2.05) is 65.7 Å². The van der Waals surface area contributed by atoms with Gasteiger partial charge in [0.2, 0.25) is 0 Å². The highest BCUT2D eigenvalue weighted by atomic mass is 35.5. The summed E-state index contributed by atoms with van der Waals surface area (Å²) >= 11 is 18.1. The van der Waals surface area contributed by atoms with Crippen LogP contribution in [0.1, 0.15) is 23.6 Å². The zero-order valence-electron chi connectivity index (χ0n) is 13.7. The molecule has 1 aliphatic rings. The molecule has 0 fully saturated rings. The van der Waals surface area contributed by atoms with Crippen LogP contribution in [-0.4, -0.2) is 5.71 Å². The average molecular weight is 402 g/mol. The van der Waals surface area contributed by atoms with Crippen LogP contribution in [0.3, 0.4) is 0 Å². The molecule has 0 N–H and O–H groups in total. The first-order valence-corrected chi connectivity index (χ1v) is 9.37. The van der Waals surface area contributed by atoms with E-state index < -0.39 is 0 Å². The van der Waals surface area contributed by atoms with Crippen molar-refractivity contribution in [3.8, 4) is 0 Å². The van der Waals surface area contributed by atoms with Crippen LogP contribution < -0.4 is 5.01 Å². The molecule has 5 heteroatoms. The van der Waals surface area contributed by atoms with E-state index in [0.717, 1.165) is 39.0 Å². The molecular formula is C21H15Cl3N2. The van der Waals surface area contributed by atoms with Crippen LogP contribution in [0.4, 0.5) is 5.69 Å². The second-order valence-electron chi connectivity index (χ2n) is 6.15. The monoisotopic (exact) mass is 400 g/mol. The molecule has 130 valence electrons. The van der Waals surface area contributed by atoms with E-state index in [-0.39, 0.29) is 6.04 Å². The molecule has 0 aliphatic carbocycles. The maximum atomic E-state index is 6.06. The van der Waals surface area contributed by atoms with Gasteiger partial charge in [0, 0.05) is 21.5 Å². The predicted octanol–water partition coefficient (Wildman–Crippen LogP) is 7.00. The summed E-state index contributed by atoms with van der Waals surface area (Å²) in [7, 11) is 0. The Labute approximate surface area is 167 Å². The van der Waals surface area contributed by atoms with Gasteiger partial charge in [0.1, 0.15) is 0 Å². The Morgan fingerprint density at radius 1 is 0.692 bits per heavy atom. The van der Waals surface area contributed by atoms with Gasteiger partial charge < -0.3 is 0 Å². The minimum absolute atomic E-state index is 0.0964. The van der Waals surface area contributed by atoms with E-state index in [4.69, 9.17) is 39.9 Å². The minimum Gasteiger partial charge on any atom is -0.257 e. The third-order valence-electron chi connectivity index (χ3n) is 4.43. The number of hydrogen-bond donors (Lipinski definition) is 0. The highest BCUT2D eigenvalue weighted by Crippen LogP contribution is 2.37. The number of rotatable bonds is 3. The van der Waals surface area contributed by atoms with Crippen LogP contribution in [0.2, 0.25) is 15.1 Å². The van der Waals surface area contributed by atoms with Crippen molar-refractivity contribution in [2.45, 2.75) is 12.5 Å². The first-order valence-electron chi connectivity index (χ1n) is 8.24. The molecule has 0 radical (unpaired) electrons. The Morgan fingerprint density at radius 3 is 1.77 bits per heavy atom. The third-order valence-corrected chi connectivity index (χ3v) is 5.19. The number of halogens is 3. The summed E-state index contributed by atoms with van der Waals surface area (Å²) in [5, 5.41) is 9.09. The summed E-state index contributed by atoms with van der Waals surface area (Å²) in [6.07, 6.45) is 0.798. The third kappa shape index (κ3) is 3.59. The average Bonchev–Trinajstić information content (AvgIpc) is 3.09. The molecule has 26 heavy (non-hydrogen) atoms. The number of anilines is 1. The molecular weight excluding hydrogens is 387 g/mol. The highest BCUT2D eigenvalue weighted by Gasteiger charge is 2.29. The van der Waals surface area contributed by atoms with Gasteiger partial charge in [0.05, 0.1) is 17.4 Å². The zero-order chi connectivity index (χ0) is 18.1. The van der Waals surface area contributed by atoms with Gasteiger partial charge in [-0.1, -0.05) is 59.1 Å². The van der Waals surface area contributed by atoms with Crippen molar-refractivity contribution in [2.24, 2.45) is 5.10 Å². The Bertz CT molecular complexity index is 933. The highest BCUT2D eigenvalue weighted by molar-refractivity contribution is 6.31. The fraction of sp³-hybridized carbons (Fsp3) is 0.0952. The van der Waals surface area contributed by atoms with Crippen molar-refractivity contribution in [3.63, 3.8) is 0 Å². The molecule has 1 atom stereocenters. The van der Waals surface area contributed by atoms with Crippen LogP contribution >= 0.6 is 34.8 Å². The minimum atomic E-state index is 0.0964. The Kier molecular flexibility index (Phi) is 4.90. The first-order chi connectivity index (χ1) is 12.6. The Hall–Kier alpha value is -2.00. The predicted molar refractivity (Wildman–Crippen MR) is 111 cm³/mol. The van der Waals surface area contributed by atoms with Crippen LogP contribution in [0.25, 0.3) is 0 Å². The molecule has 1 aliphatic heterocycles. The van der Waals surface area contributed by atoms with Gasteiger partial charge in [-0.25, -0.2) is 0 Å². The molecule has 4 rings (SSSR count). The zero-order valence-corrected chi connectivity index (χ0v) is 16.0. The van der Waals surface area contributed by atoms with Gasteiger partial charge in [-0.15, -0.1) is 0 Å². The fourth-order valence-corrected chi connectivity index (χ4v) is 3.48. The van der Waals surface area contributed by atoms with Crippen molar-refractivity contribution < 1.29 is 0 Å². The van der Waals surface area contributed by atoms with Crippen molar-refractivity contribution >= 4 is 46.2 Å². The van der Waals surface area contributed by atoms with Crippen LogP contribution in [0.15, 0.2) is 77.9 Å². The summed E-state index contributed by atoms with van der Waals surface area (Å²) in [6, 6.07) is 23.6. The lowest BCUT2D eigenvalue weighted by Crippen LogP contribution is -2.18. The van der Waals surface area contributed by atoms with Crippen molar-refractivity contribution in [1.29, 1.82) is 0 Å². The van der Waals surface area contributed by atoms with E-state index in [0.29, 0.717) is 5.02 Å². The standard InChI is InChI=1S/C21H15Cl3N2/c22-16-5-1-14(2-6-16)20-13-21(15-3-7-17(23)8-4-15)26(25-20)19-11-9-18(24)10-12-19/h1-12,21H,13H2. The van der Waals surface area contributed by atoms with E-state index >= 15 is 0 Å². The molecule has 3 aromatic carbocycles. The molecule has 2 nitrogen and oxygen atoms in total. The van der Waals surface area contributed by atoms with Gasteiger partial charge >= 0.3 is 0 Å². The van der Waals surface area contributed by atoms with Crippen LogP contribution in [0, 0.1) is 0 Å². The van der Waals surface area contributed by atoms with E-state index in [9.17, 15) is 0 Å². The Morgan fingerprint density at radius 2 is 1.19 bits per heavy atom. The summed E-state index contributed by atoms with van der Waals surface area (Å²) in [5.41, 5.74) is 4.26. The maximum absolute atomic E-state index is 6.06. The quantitative estimate of drug-likeness (QED) is 0.461. The molecule has 0 aromatic heterocycles. The number of benzene rings is 3. The lowest BCUT2D eigenvalue weighted by atomic mass is 9.98. The fourth-order valence-electron chi connectivity index (χ4n) is 3.10. The van der Waals surface area contributed by atoms with E-state index in [1.165, 1.54) is 0 Å². The van der Waals surface area contributed by atoms with Gasteiger partial charge in [-0.2, -0.15) is 5.10 Å². The van der Waals surface area contributed by atoms with Crippen molar-refractivity contribution in [1.82, 2.24) is 0 Å². The number of hydrogen-bond acceptors (Lipinski definition) is 2. The number of hydrazone groups is 1. The lowest BCUT2D eigenvalue weighted by Gasteiger charge is -2.24. The largest absolute Gasteiger partial charge is 0.257 e. The molecule has 0 bridgehead atoms. The Balaban J connectivity index is 1.74. The molecule has 0 saturated carbocycles. The van der Waals surface area contributed by atoms with E-state index in [2.05, 4.69) is 12.1 Å². The smallest absolute Gasteiger partial charge is 0.0831 e. The second-order valence-corrected chi connectivity index (χ2v) is 7.46. The molecule has 0 spiro atoms. The topological polar surface area (TPSA) is 15.6 Å². The van der Waals surface area contributed by atoms with Gasteiger partial charge in [-0.3, -0.25) is 5.01 Å². The van der Waals surface area contributed by atoms with E-state index in [1.54, 1.807) is 0 Å². The molecule has 1 heterocycles. The first kappa shape index (κ1) is 17.4. The molecule has 3 aromatic rings. The maximum Gasteiger partial charge on any atom is 0.0831 e. The van der Waals surface area contributed by atoms with Gasteiger partial charge in [0.25, 0.3) is 0 Å². The SMILES string of the molecule is Clc1ccc(C2=NN(c3ccc(Cl)cc3)C(c3ccc(Cl)cc3)C2)cc1. The van der Waals surface area contributed by atoms with Crippen molar-refractivity contribution in [3.05, 3.63) is 99.0 Å². The number of nitrogens with zero attached hydrogens (tertiary/aromatic N) is 2. The van der Waals surface area contributed by atoms with Crippen LogP contribution in [-0.2, 0) is 0 Å². The normalized spacial score (nSPS) is 16.7. The summed E-state index contributed by atoms with van der Waals surface area (Å²) in [6.45, 7) is 0. The van der Waals surface area contributed by atoms with Crippen LogP contribution in [0.5, 0.6) is 0 Å². The summed E-state index contributed by atoms with van der Waals surface area (Å²) in [4.78, 5) is 0. The van der Waals surface area contributed by atoms with Crippen molar-refractivity contribution in [2.75, 3.05) is 5.01 Å². The molecule has 0 amide bonds. The summed E-state index contributed by atoms with van der Waals surface area (Å²) in [5.74, 6) is 0. The lowest BCUT2D eigenvalue weighted by molar-refractivity contribution is 0.709. The molecule has 1 unspecified atom stereocenters. The van der Waals surface area contributed by atoms with Gasteiger partial charge in [-0.05, 0) is 59.7 Å². The van der Waals surface area contributed by atoms with Gasteiger partial charge in [0.15, 0.2) is 0 Å². The second kappa shape index (κ2) is 7.32.